The molecule has 0 aliphatic rings. The van der Waals surface area contributed by atoms with E-state index in [0.29, 0.717) is 18.1 Å². The Hall–Kier alpha value is -1.44. The van der Waals surface area contributed by atoms with Gasteiger partial charge in [-0.3, -0.25) is 0 Å². The summed E-state index contributed by atoms with van der Waals surface area (Å²) in [4.78, 5) is 10.9. The molecule has 0 aliphatic heterocycles. The van der Waals surface area contributed by atoms with Crippen LogP contribution >= 0.6 is 0 Å². The first-order chi connectivity index (χ1) is 9.74. The Balaban J connectivity index is 2.74. The van der Waals surface area contributed by atoms with E-state index in [9.17, 15) is 13.2 Å². The van der Waals surface area contributed by atoms with Gasteiger partial charge in [-0.2, -0.15) is 0 Å². The minimum Gasteiger partial charge on any atom is -0.478 e. The van der Waals surface area contributed by atoms with Crippen LogP contribution in [0.25, 0.3) is 0 Å². The van der Waals surface area contributed by atoms with Crippen LogP contribution in [0.15, 0.2) is 23.1 Å². The van der Waals surface area contributed by atoms with Crippen LogP contribution in [0.2, 0.25) is 0 Å². The van der Waals surface area contributed by atoms with Gasteiger partial charge in [-0.05, 0) is 30.5 Å². The van der Waals surface area contributed by atoms with Crippen LogP contribution in [0, 0.1) is 12.8 Å². The molecule has 0 spiro atoms. The third kappa shape index (κ3) is 5.45. The molecule has 0 saturated carbocycles. The predicted molar refractivity (Wildman–Crippen MR) is 79.0 cm³/mol. The zero-order chi connectivity index (χ0) is 16.0. The quantitative estimate of drug-likeness (QED) is 0.712. The second-order valence-corrected chi connectivity index (χ2v) is 6.89. The van der Waals surface area contributed by atoms with Crippen molar-refractivity contribution in [2.24, 2.45) is 5.92 Å². The topological polar surface area (TPSA) is 92.7 Å². The van der Waals surface area contributed by atoms with E-state index in [-0.39, 0.29) is 23.6 Å². The van der Waals surface area contributed by atoms with Gasteiger partial charge >= 0.3 is 5.97 Å². The number of carboxylic acids is 1. The maximum atomic E-state index is 12.2. The Bertz CT molecular complexity index is 595. The van der Waals surface area contributed by atoms with Crippen molar-refractivity contribution in [2.75, 3.05) is 19.8 Å². The van der Waals surface area contributed by atoms with Crippen molar-refractivity contribution in [1.82, 2.24) is 4.72 Å². The summed E-state index contributed by atoms with van der Waals surface area (Å²) in [5.41, 5.74) is 0.438. The number of nitrogens with one attached hydrogen (secondary N) is 1. The van der Waals surface area contributed by atoms with E-state index in [2.05, 4.69) is 4.72 Å². The fourth-order valence-electron chi connectivity index (χ4n) is 1.67. The Labute approximate surface area is 125 Å². The van der Waals surface area contributed by atoms with Crippen molar-refractivity contribution in [3.63, 3.8) is 0 Å². The molecule has 7 heteroatoms. The van der Waals surface area contributed by atoms with Crippen molar-refractivity contribution >= 4 is 16.0 Å². The van der Waals surface area contributed by atoms with Crippen molar-refractivity contribution in [2.45, 2.75) is 25.7 Å². The monoisotopic (exact) mass is 315 g/mol. The summed E-state index contributed by atoms with van der Waals surface area (Å²) in [5.74, 6) is -0.775. The summed E-state index contributed by atoms with van der Waals surface area (Å²) < 4.78 is 32.0. The van der Waals surface area contributed by atoms with Gasteiger partial charge in [0.05, 0.1) is 17.1 Å². The zero-order valence-electron chi connectivity index (χ0n) is 12.4. The molecule has 0 unspecified atom stereocenters. The number of benzene rings is 1. The molecule has 1 aromatic carbocycles. The van der Waals surface area contributed by atoms with Crippen molar-refractivity contribution in [1.29, 1.82) is 0 Å². The smallest absolute Gasteiger partial charge is 0.335 e. The minimum absolute atomic E-state index is 0.0220. The van der Waals surface area contributed by atoms with Gasteiger partial charge in [-0.1, -0.05) is 19.9 Å². The standard InChI is InChI=1S/C14H21NO5S/c1-10(2)9-20-7-6-15-21(18,19)13-8-12(14(16)17)5-4-11(13)3/h4-5,8,10,15H,6-7,9H2,1-3H3,(H,16,17). The van der Waals surface area contributed by atoms with Gasteiger partial charge in [0.2, 0.25) is 10.0 Å². The van der Waals surface area contributed by atoms with Crippen LogP contribution in [-0.4, -0.2) is 39.3 Å². The van der Waals surface area contributed by atoms with Gasteiger partial charge < -0.3 is 9.84 Å². The SMILES string of the molecule is Cc1ccc(C(=O)O)cc1S(=O)(=O)NCCOCC(C)C. The molecule has 1 rings (SSSR count). The van der Waals surface area contributed by atoms with Gasteiger partial charge in [-0.25, -0.2) is 17.9 Å². The first kappa shape index (κ1) is 17.6. The zero-order valence-corrected chi connectivity index (χ0v) is 13.2. The van der Waals surface area contributed by atoms with Gasteiger partial charge in [0.1, 0.15) is 0 Å². The molecular formula is C14H21NO5S. The molecule has 0 amide bonds. The van der Waals surface area contributed by atoms with Crippen LogP contribution in [-0.2, 0) is 14.8 Å². The number of sulfonamides is 1. The number of hydrogen-bond acceptors (Lipinski definition) is 4. The van der Waals surface area contributed by atoms with Gasteiger partial charge in [0.15, 0.2) is 0 Å². The summed E-state index contributed by atoms with van der Waals surface area (Å²) in [5, 5.41) is 8.93. The second kappa shape index (κ2) is 7.53. The molecule has 21 heavy (non-hydrogen) atoms. The molecule has 0 aliphatic carbocycles. The Morgan fingerprint density at radius 1 is 1.38 bits per heavy atom. The maximum Gasteiger partial charge on any atom is 0.335 e. The first-order valence-electron chi connectivity index (χ1n) is 6.65. The first-order valence-corrected chi connectivity index (χ1v) is 8.13. The van der Waals surface area contributed by atoms with Crippen molar-refractivity contribution < 1.29 is 23.1 Å². The van der Waals surface area contributed by atoms with Gasteiger partial charge in [0.25, 0.3) is 0 Å². The summed E-state index contributed by atoms with van der Waals surface area (Å²) in [6.45, 7) is 6.61. The summed E-state index contributed by atoms with van der Waals surface area (Å²) >= 11 is 0. The molecule has 0 aromatic heterocycles. The number of ether oxygens (including phenoxy) is 1. The normalized spacial score (nSPS) is 11.8. The molecular weight excluding hydrogens is 294 g/mol. The molecule has 0 heterocycles. The summed E-state index contributed by atoms with van der Waals surface area (Å²) in [7, 11) is -3.74. The second-order valence-electron chi connectivity index (χ2n) is 5.15. The van der Waals surface area contributed by atoms with Crippen LogP contribution in [0.4, 0.5) is 0 Å². The molecule has 118 valence electrons. The highest BCUT2D eigenvalue weighted by Gasteiger charge is 2.18. The molecule has 6 nitrogen and oxygen atoms in total. The van der Waals surface area contributed by atoms with E-state index in [4.69, 9.17) is 9.84 Å². The average molecular weight is 315 g/mol. The Morgan fingerprint density at radius 3 is 2.62 bits per heavy atom. The third-order valence-corrected chi connectivity index (χ3v) is 4.32. The lowest BCUT2D eigenvalue weighted by Gasteiger charge is -2.11. The van der Waals surface area contributed by atoms with E-state index in [1.165, 1.54) is 12.1 Å². The Morgan fingerprint density at radius 2 is 2.05 bits per heavy atom. The summed E-state index contributed by atoms with van der Waals surface area (Å²) in [6.07, 6.45) is 0. The van der Waals surface area contributed by atoms with Crippen molar-refractivity contribution in [3.05, 3.63) is 29.3 Å². The highest BCUT2D eigenvalue weighted by molar-refractivity contribution is 7.89. The molecule has 0 saturated heterocycles. The highest BCUT2D eigenvalue weighted by Crippen LogP contribution is 2.17. The molecule has 0 bridgehead atoms. The lowest BCUT2D eigenvalue weighted by atomic mass is 10.1. The third-order valence-electron chi connectivity index (χ3n) is 2.71. The highest BCUT2D eigenvalue weighted by atomic mass is 32.2. The van der Waals surface area contributed by atoms with Crippen LogP contribution < -0.4 is 4.72 Å². The lowest BCUT2D eigenvalue weighted by Crippen LogP contribution is -2.28. The van der Waals surface area contributed by atoms with Crippen LogP contribution in [0.5, 0.6) is 0 Å². The number of carboxylic acid groups (broad SMARTS) is 1. The predicted octanol–water partition coefficient (Wildman–Crippen LogP) is 1.64. The van der Waals surface area contributed by atoms with Crippen LogP contribution in [0.3, 0.4) is 0 Å². The lowest BCUT2D eigenvalue weighted by molar-refractivity contribution is 0.0696. The number of carbonyl (C=O) groups is 1. The minimum atomic E-state index is -3.74. The fourth-order valence-corrected chi connectivity index (χ4v) is 2.95. The molecule has 0 radical (unpaired) electrons. The molecule has 2 N–H and O–H groups in total. The van der Waals surface area contributed by atoms with Crippen molar-refractivity contribution in [3.8, 4) is 0 Å². The molecule has 0 fully saturated rings. The number of hydrogen-bond donors (Lipinski definition) is 2. The fraction of sp³-hybridized carbons (Fsp3) is 0.500. The Kier molecular flexibility index (Phi) is 6.32. The molecule has 0 atom stereocenters. The largest absolute Gasteiger partial charge is 0.478 e. The number of aromatic carboxylic acids is 1. The van der Waals surface area contributed by atoms with Gasteiger partial charge in [-0.15, -0.1) is 0 Å². The van der Waals surface area contributed by atoms with E-state index in [1.54, 1.807) is 6.92 Å². The average Bonchev–Trinajstić information content (AvgIpc) is 2.37. The maximum absolute atomic E-state index is 12.2. The number of aryl methyl sites for hydroxylation is 1. The molecule has 1 aromatic rings. The summed E-state index contributed by atoms with van der Waals surface area (Å²) in [6, 6.07) is 4.02. The van der Waals surface area contributed by atoms with Crippen LogP contribution in [0.1, 0.15) is 29.8 Å². The van der Waals surface area contributed by atoms with E-state index < -0.39 is 16.0 Å². The van der Waals surface area contributed by atoms with E-state index in [0.717, 1.165) is 6.07 Å². The number of rotatable bonds is 8. The van der Waals surface area contributed by atoms with Gasteiger partial charge in [0, 0.05) is 13.2 Å². The van der Waals surface area contributed by atoms with E-state index in [1.807, 2.05) is 13.8 Å². The van der Waals surface area contributed by atoms with E-state index >= 15 is 0 Å².